The largest absolute Gasteiger partial charge is 0.370 e. The molecular weight excluding hydrogens is 288 g/mol. The van der Waals surface area contributed by atoms with Crippen LogP contribution in [0.4, 0.5) is 17.5 Å². The van der Waals surface area contributed by atoms with Crippen molar-refractivity contribution in [1.82, 2.24) is 15.0 Å². The van der Waals surface area contributed by atoms with Crippen LogP contribution >= 0.6 is 0 Å². The predicted molar refractivity (Wildman–Crippen MR) is 94.1 cm³/mol. The highest BCUT2D eigenvalue weighted by atomic mass is 15.2. The Bertz CT molecular complexity index is 657. The average Bonchev–Trinajstić information content (AvgIpc) is 3.02. The Kier molecular flexibility index (Phi) is 4.60. The van der Waals surface area contributed by atoms with Crippen molar-refractivity contribution in [2.75, 3.05) is 48.8 Å². The quantitative estimate of drug-likeness (QED) is 0.913. The molecule has 0 saturated carbocycles. The Morgan fingerprint density at radius 2 is 2.17 bits per heavy atom. The van der Waals surface area contributed by atoms with Gasteiger partial charge in [-0.3, -0.25) is 0 Å². The molecule has 3 heterocycles. The summed E-state index contributed by atoms with van der Waals surface area (Å²) in [7, 11) is 4.00. The molecule has 1 atom stereocenters. The van der Waals surface area contributed by atoms with Gasteiger partial charge in [-0.1, -0.05) is 6.07 Å². The maximum absolute atomic E-state index is 4.49. The number of anilines is 3. The van der Waals surface area contributed by atoms with Crippen LogP contribution in [0, 0.1) is 12.8 Å². The van der Waals surface area contributed by atoms with Crippen molar-refractivity contribution >= 4 is 17.5 Å². The lowest BCUT2D eigenvalue weighted by atomic mass is 10.1. The first-order valence-electron chi connectivity index (χ1n) is 8.03. The summed E-state index contributed by atoms with van der Waals surface area (Å²) in [5, 5.41) is 3.45. The van der Waals surface area contributed by atoms with E-state index < -0.39 is 0 Å². The molecule has 1 fully saturated rings. The number of pyridine rings is 1. The van der Waals surface area contributed by atoms with E-state index in [1.54, 1.807) is 6.33 Å². The molecule has 23 heavy (non-hydrogen) atoms. The van der Waals surface area contributed by atoms with Gasteiger partial charge >= 0.3 is 0 Å². The van der Waals surface area contributed by atoms with E-state index in [1.165, 1.54) is 6.42 Å². The molecule has 0 bridgehead atoms. The van der Waals surface area contributed by atoms with E-state index >= 15 is 0 Å². The predicted octanol–water partition coefficient (Wildman–Crippen LogP) is 2.18. The third-order valence-corrected chi connectivity index (χ3v) is 4.17. The molecule has 1 N–H and O–H groups in total. The monoisotopic (exact) mass is 312 g/mol. The molecule has 0 aromatic carbocycles. The summed E-state index contributed by atoms with van der Waals surface area (Å²) in [5.74, 6) is 3.52. The second-order valence-electron chi connectivity index (χ2n) is 6.27. The van der Waals surface area contributed by atoms with Gasteiger partial charge in [0.05, 0.1) is 0 Å². The molecule has 0 spiro atoms. The molecule has 1 unspecified atom stereocenters. The van der Waals surface area contributed by atoms with Crippen LogP contribution in [0.1, 0.15) is 12.1 Å². The van der Waals surface area contributed by atoms with Crippen molar-refractivity contribution in [3.63, 3.8) is 0 Å². The standard InChI is InChI=1S/C17H24N6/c1-13-5-4-6-15(21-13)18-10-14-7-8-23(11-14)17-9-16(22(2)3)19-12-20-17/h4-6,9,12,14H,7-8,10-11H2,1-3H3,(H,18,21). The van der Waals surface area contributed by atoms with Crippen molar-refractivity contribution in [2.24, 2.45) is 5.92 Å². The van der Waals surface area contributed by atoms with Gasteiger partial charge in [-0.25, -0.2) is 15.0 Å². The summed E-state index contributed by atoms with van der Waals surface area (Å²) in [5.41, 5.74) is 1.04. The van der Waals surface area contributed by atoms with Crippen LogP contribution < -0.4 is 15.1 Å². The Hall–Kier alpha value is -2.37. The zero-order valence-electron chi connectivity index (χ0n) is 14.0. The van der Waals surface area contributed by atoms with E-state index in [0.717, 1.165) is 42.8 Å². The molecule has 2 aromatic rings. The number of hydrogen-bond donors (Lipinski definition) is 1. The van der Waals surface area contributed by atoms with Crippen LogP contribution in [0.5, 0.6) is 0 Å². The minimum absolute atomic E-state index is 0.607. The first-order valence-corrected chi connectivity index (χ1v) is 8.03. The average molecular weight is 312 g/mol. The summed E-state index contributed by atoms with van der Waals surface area (Å²) in [6, 6.07) is 8.13. The molecule has 6 nitrogen and oxygen atoms in total. The van der Waals surface area contributed by atoms with E-state index in [0.29, 0.717) is 5.92 Å². The Morgan fingerprint density at radius 3 is 2.96 bits per heavy atom. The number of aromatic nitrogens is 3. The molecule has 0 amide bonds. The number of hydrogen-bond acceptors (Lipinski definition) is 6. The highest BCUT2D eigenvalue weighted by molar-refractivity contribution is 5.50. The Labute approximate surface area is 137 Å². The van der Waals surface area contributed by atoms with Gasteiger partial charge in [0.25, 0.3) is 0 Å². The third-order valence-electron chi connectivity index (χ3n) is 4.17. The second-order valence-corrected chi connectivity index (χ2v) is 6.27. The Morgan fingerprint density at radius 1 is 1.30 bits per heavy atom. The van der Waals surface area contributed by atoms with Crippen LogP contribution in [0.15, 0.2) is 30.6 Å². The lowest BCUT2D eigenvalue weighted by molar-refractivity contribution is 0.620. The molecule has 1 aliphatic heterocycles. The number of aryl methyl sites for hydroxylation is 1. The van der Waals surface area contributed by atoms with Crippen LogP contribution in [-0.2, 0) is 0 Å². The summed E-state index contributed by atoms with van der Waals surface area (Å²) >= 11 is 0. The smallest absolute Gasteiger partial charge is 0.134 e. The molecule has 2 aromatic heterocycles. The summed E-state index contributed by atoms with van der Waals surface area (Å²) in [4.78, 5) is 17.5. The maximum atomic E-state index is 4.49. The van der Waals surface area contributed by atoms with Crippen molar-refractivity contribution in [3.05, 3.63) is 36.3 Å². The van der Waals surface area contributed by atoms with Gasteiger partial charge in [0, 0.05) is 45.5 Å². The summed E-state index contributed by atoms with van der Waals surface area (Å²) < 4.78 is 0. The van der Waals surface area contributed by atoms with Gasteiger partial charge in [-0.2, -0.15) is 0 Å². The number of nitrogens with one attached hydrogen (secondary N) is 1. The van der Waals surface area contributed by atoms with E-state index in [1.807, 2.05) is 44.1 Å². The van der Waals surface area contributed by atoms with Crippen molar-refractivity contribution < 1.29 is 0 Å². The van der Waals surface area contributed by atoms with Gasteiger partial charge < -0.3 is 15.1 Å². The Balaban J connectivity index is 1.57. The normalized spacial score (nSPS) is 17.3. The molecule has 1 aliphatic rings. The van der Waals surface area contributed by atoms with Crippen molar-refractivity contribution in [1.29, 1.82) is 0 Å². The molecule has 122 valence electrons. The first kappa shape index (κ1) is 15.5. The molecule has 0 aliphatic carbocycles. The molecule has 6 heteroatoms. The van der Waals surface area contributed by atoms with E-state index in [-0.39, 0.29) is 0 Å². The molecular formula is C17H24N6. The van der Waals surface area contributed by atoms with Crippen molar-refractivity contribution in [2.45, 2.75) is 13.3 Å². The highest BCUT2D eigenvalue weighted by Gasteiger charge is 2.23. The van der Waals surface area contributed by atoms with Gasteiger partial charge in [0.1, 0.15) is 23.8 Å². The fourth-order valence-electron chi connectivity index (χ4n) is 2.85. The van der Waals surface area contributed by atoms with Gasteiger partial charge in [-0.15, -0.1) is 0 Å². The zero-order chi connectivity index (χ0) is 16.2. The first-order chi connectivity index (χ1) is 11.1. The zero-order valence-corrected chi connectivity index (χ0v) is 14.0. The fraction of sp³-hybridized carbons (Fsp3) is 0.471. The molecule has 1 saturated heterocycles. The van der Waals surface area contributed by atoms with E-state index in [4.69, 9.17) is 0 Å². The lowest BCUT2D eigenvalue weighted by Crippen LogP contribution is -2.24. The fourth-order valence-corrected chi connectivity index (χ4v) is 2.85. The van der Waals surface area contributed by atoms with E-state index in [9.17, 15) is 0 Å². The van der Waals surface area contributed by atoms with Crippen LogP contribution in [0.25, 0.3) is 0 Å². The van der Waals surface area contributed by atoms with Gasteiger partial charge in [0.2, 0.25) is 0 Å². The van der Waals surface area contributed by atoms with Gasteiger partial charge in [0.15, 0.2) is 0 Å². The van der Waals surface area contributed by atoms with Crippen LogP contribution in [0.2, 0.25) is 0 Å². The number of nitrogens with zero attached hydrogens (tertiary/aromatic N) is 5. The summed E-state index contributed by atoms with van der Waals surface area (Å²) in [6.07, 6.45) is 2.81. The van der Waals surface area contributed by atoms with E-state index in [2.05, 4.69) is 31.2 Å². The maximum Gasteiger partial charge on any atom is 0.134 e. The molecule has 0 radical (unpaired) electrons. The topological polar surface area (TPSA) is 57.2 Å². The minimum atomic E-state index is 0.607. The SMILES string of the molecule is Cc1cccc(NCC2CCN(c3cc(N(C)C)ncn3)C2)n1. The summed E-state index contributed by atoms with van der Waals surface area (Å²) in [6.45, 7) is 5.01. The number of rotatable bonds is 5. The second kappa shape index (κ2) is 6.81. The minimum Gasteiger partial charge on any atom is -0.370 e. The van der Waals surface area contributed by atoms with Crippen LogP contribution in [-0.4, -0.2) is 48.7 Å². The van der Waals surface area contributed by atoms with Crippen molar-refractivity contribution in [3.8, 4) is 0 Å². The molecule has 3 rings (SSSR count). The van der Waals surface area contributed by atoms with Gasteiger partial charge in [-0.05, 0) is 31.4 Å². The highest BCUT2D eigenvalue weighted by Crippen LogP contribution is 2.24. The lowest BCUT2D eigenvalue weighted by Gasteiger charge is -2.19. The third kappa shape index (κ3) is 3.88. The van der Waals surface area contributed by atoms with Crippen LogP contribution in [0.3, 0.4) is 0 Å².